The van der Waals surface area contributed by atoms with Gasteiger partial charge in [-0.2, -0.15) is 0 Å². The molecule has 0 aliphatic carbocycles. The molecule has 3 aromatic rings. The summed E-state index contributed by atoms with van der Waals surface area (Å²) in [5, 5.41) is 3.21. The number of aryl methyl sites for hydroxylation is 1. The predicted molar refractivity (Wildman–Crippen MR) is 125 cm³/mol. The molecular formula is C27H32N3O2+. The van der Waals surface area contributed by atoms with E-state index in [9.17, 15) is 9.59 Å². The predicted octanol–water partition coefficient (Wildman–Crippen LogP) is 4.38. The normalized spacial score (nSPS) is 17.9. The van der Waals surface area contributed by atoms with Gasteiger partial charge < -0.3 is 5.32 Å². The molecule has 2 heterocycles. The van der Waals surface area contributed by atoms with E-state index in [1.165, 1.54) is 16.7 Å². The van der Waals surface area contributed by atoms with Crippen molar-refractivity contribution >= 4 is 11.7 Å². The van der Waals surface area contributed by atoms with Gasteiger partial charge in [0.1, 0.15) is 18.2 Å². The van der Waals surface area contributed by atoms with Gasteiger partial charge in [0.25, 0.3) is 0 Å². The average Bonchev–Trinajstić information content (AvgIpc) is 3.47. The lowest BCUT2D eigenvalue weighted by Crippen LogP contribution is -2.44. The minimum absolute atomic E-state index is 0.0990. The Hall–Kier alpha value is -3.21. The molecule has 1 aliphatic heterocycles. The molecule has 1 saturated heterocycles. The third-order valence-corrected chi connectivity index (χ3v) is 6.45. The standard InChI is InChI=1S/C27H31N3O2/c31-25(8-4-5-18-30-19-17-28-21-30)13-15-27(16-14-26(32)29-27)20-22-9-11-24(12-10-22)23-6-2-1-3-7-23/h1-3,6-7,9-12,17,19,21H,4-5,8,13-16,18,20H2,(H,29,32)/p+1/t27-/m0/s1. The summed E-state index contributed by atoms with van der Waals surface area (Å²) >= 11 is 0. The molecule has 1 atom stereocenters. The number of hydrogen-bond donors (Lipinski definition) is 2. The molecule has 1 aromatic heterocycles. The number of unbranched alkanes of at least 4 members (excludes halogenated alkanes) is 1. The molecule has 5 heteroatoms. The maximum Gasteiger partial charge on any atom is 0.241 e. The highest BCUT2D eigenvalue weighted by atomic mass is 16.2. The van der Waals surface area contributed by atoms with Crippen LogP contribution in [-0.4, -0.2) is 22.2 Å². The van der Waals surface area contributed by atoms with Crippen molar-refractivity contribution in [3.63, 3.8) is 0 Å². The number of carbonyl (C=O) groups is 2. The van der Waals surface area contributed by atoms with Crippen molar-refractivity contribution in [2.45, 2.75) is 63.5 Å². The number of nitrogens with zero attached hydrogens (tertiary/aromatic N) is 1. The number of imidazole rings is 1. The summed E-state index contributed by atoms with van der Waals surface area (Å²) in [6, 6.07) is 18.9. The Labute approximate surface area is 189 Å². The van der Waals surface area contributed by atoms with Gasteiger partial charge in [0.2, 0.25) is 12.2 Å². The van der Waals surface area contributed by atoms with Crippen LogP contribution in [0.5, 0.6) is 0 Å². The summed E-state index contributed by atoms with van der Waals surface area (Å²) in [7, 11) is 0. The second kappa shape index (κ2) is 10.4. The molecule has 0 unspecified atom stereocenters. The van der Waals surface area contributed by atoms with Crippen molar-refractivity contribution in [3.8, 4) is 11.1 Å². The van der Waals surface area contributed by atoms with E-state index in [2.05, 4.69) is 51.3 Å². The van der Waals surface area contributed by atoms with Crippen LogP contribution < -0.4 is 9.88 Å². The Balaban J connectivity index is 1.30. The molecule has 1 fully saturated rings. The summed E-state index contributed by atoms with van der Waals surface area (Å²) in [6.07, 6.45) is 11.7. The van der Waals surface area contributed by atoms with Crippen molar-refractivity contribution < 1.29 is 14.2 Å². The molecule has 1 amide bonds. The van der Waals surface area contributed by atoms with Gasteiger partial charge in [-0.15, -0.1) is 0 Å². The number of amides is 1. The molecule has 0 spiro atoms. The summed E-state index contributed by atoms with van der Waals surface area (Å²) in [6.45, 7) is 0.926. The quantitative estimate of drug-likeness (QED) is 0.350. The van der Waals surface area contributed by atoms with Gasteiger partial charge in [0.15, 0.2) is 0 Å². The second-order valence-corrected chi connectivity index (χ2v) is 8.91. The number of rotatable bonds is 11. The number of benzene rings is 2. The second-order valence-electron chi connectivity index (χ2n) is 8.91. The van der Waals surface area contributed by atoms with Gasteiger partial charge in [-0.25, -0.2) is 4.57 Å². The van der Waals surface area contributed by atoms with Crippen LogP contribution in [0.1, 0.15) is 50.5 Å². The molecule has 0 bridgehead atoms. The molecule has 32 heavy (non-hydrogen) atoms. The zero-order valence-corrected chi connectivity index (χ0v) is 18.6. The van der Waals surface area contributed by atoms with Gasteiger partial charge in [-0.3, -0.25) is 14.6 Å². The van der Waals surface area contributed by atoms with Gasteiger partial charge in [-0.1, -0.05) is 54.6 Å². The number of ketones is 1. The fourth-order valence-corrected chi connectivity index (χ4v) is 4.60. The molecular weight excluding hydrogens is 398 g/mol. The van der Waals surface area contributed by atoms with Crippen LogP contribution in [-0.2, 0) is 22.6 Å². The molecule has 1 aliphatic rings. The van der Waals surface area contributed by atoms with E-state index in [-0.39, 0.29) is 11.4 Å². The number of nitrogens with one attached hydrogen (secondary N) is 2. The molecule has 2 aromatic carbocycles. The third kappa shape index (κ3) is 5.94. The molecule has 166 valence electrons. The molecule has 0 radical (unpaired) electrons. The molecule has 4 rings (SSSR count). The largest absolute Gasteiger partial charge is 0.350 e. The highest BCUT2D eigenvalue weighted by Crippen LogP contribution is 2.31. The van der Waals surface area contributed by atoms with Crippen LogP contribution >= 0.6 is 0 Å². The maximum atomic E-state index is 12.5. The maximum absolute atomic E-state index is 12.5. The zero-order chi connectivity index (χ0) is 22.2. The molecule has 2 N–H and O–H groups in total. The van der Waals surface area contributed by atoms with Gasteiger partial charge in [0.05, 0.1) is 6.54 Å². The first kappa shape index (κ1) is 22.0. The van der Waals surface area contributed by atoms with E-state index in [0.29, 0.717) is 31.5 Å². The van der Waals surface area contributed by atoms with Crippen molar-refractivity contribution in [2.24, 2.45) is 0 Å². The van der Waals surface area contributed by atoms with Crippen molar-refractivity contribution in [3.05, 3.63) is 78.9 Å². The summed E-state index contributed by atoms with van der Waals surface area (Å²) in [4.78, 5) is 27.6. The van der Waals surface area contributed by atoms with Crippen LogP contribution in [0.15, 0.2) is 73.3 Å². The van der Waals surface area contributed by atoms with Gasteiger partial charge in [0, 0.05) is 24.8 Å². The van der Waals surface area contributed by atoms with Crippen LogP contribution in [0.25, 0.3) is 11.1 Å². The molecule has 5 nitrogen and oxygen atoms in total. The summed E-state index contributed by atoms with van der Waals surface area (Å²) in [5.41, 5.74) is 3.28. The average molecular weight is 431 g/mol. The first-order valence-corrected chi connectivity index (χ1v) is 11.6. The van der Waals surface area contributed by atoms with Gasteiger partial charge in [-0.05, 0) is 48.8 Å². The minimum Gasteiger partial charge on any atom is -0.350 e. The fraction of sp³-hybridized carbons (Fsp3) is 0.370. The Morgan fingerprint density at radius 1 is 0.969 bits per heavy atom. The van der Waals surface area contributed by atoms with Crippen LogP contribution in [0, 0.1) is 0 Å². The van der Waals surface area contributed by atoms with E-state index >= 15 is 0 Å². The van der Waals surface area contributed by atoms with E-state index in [0.717, 1.165) is 32.2 Å². The summed E-state index contributed by atoms with van der Waals surface area (Å²) in [5.74, 6) is 0.394. The number of H-pyrrole nitrogens is 1. The lowest BCUT2D eigenvalue weighted by molar-refractivity contribution is -0.696. The SMILES string of the molecule is O=C(CCCC[n+]1cc[nH]c1)CC[C@@]1(Cc2ccc(-c3ccccc3)cc2)CCC(=O)N1. The monoisotopic (exact) mass is 430 g/mol. The molecule has 0 saturated carbocycles. The van der Waals surface area contributed by atoms with E-state index < -0.39 is 0 Å². The Morgan fingerprint density at radius 2 is 1.75 bits per heavy atom. The van der Waals surface area contributed by atoms with Crippen LogP contribution in [0.3, 0.4) is 0 Å². The van der Waals surface area contributed by atoms with E-state index in [1.54, 1.807) is 0 Å². The first-order valence-electron chi connectivity index (χ1n) is 11.6. The number of Topliss-reactive ketones (excluding diaryl/α,β-unsaturated/α-hetero) is 1. The topological polar surface area (TPSA) is 65.8 Å². The van der Waals surface area contributed by atoms with Crippen molar-refractivity contribution in [1.82, 2.24) is 10.3 Å². The van der Waals surface area contributed by atoms with Crippen LogP contribution in [0.4, 0.5) is 0 Å². The summed E-state index contributed by atoms with van der Waals surface area (Å²) < 4.78 is 2.09. The fourth-order valence-electron chi connectivity index (χ4n) is 4.60. The highest BCUT2D eigenvalue weighted by molar-refractivity contribution is 5.81. The highest BCUT2D eigenvalue weighted by Gasteiger charge is 2.37. The Bertz CT molecular complexity index is 1010. The van der Waals surface area contributed by atoms with Gasteiger partial charge >= 0.3 is 0 Å². The van der Waals surface area contributed by atoms with Crippen LogP contribution in [0.2, 0.25) is 0 Å². The van der Waals surface area contributed by atoms with Crippen molar-refractivity contribution in [1.29, 1.82) is 0 Å². The zero-order valence-electron chi connectivity index (χ0n) is 18.6. The van der Waals surface area contributed by atoms with E-state index in [1.807, 2.05) is 36.9 Å². The van der Waals surface area contributed by atoms with Crippen molar-refractivity contribution in [2.75, 3.05) is 0 Å². The smallest absolute Gasteiger partial charge is 0.241 e. The lowest BCUT2D eigenvalue weighted by Gasteiger charge is -2.29. The number of hydrogen-bond acceptors (Lipinski definition) is 2. The number of aromatic nitrogens is 2. The lowest BCUT2D eigenvalue weighted by atomic mass is 9.83. The number of aromatic amines is 1. The Morgan fingerprint density at radius 3 is 2.44 bits per heavy atom. The first-order chi connectivity index (χ1) is 15.6. The van der Waals surface area contributed by atoms with E-state index in [4.69, 9.17) is 0 Å². The third-order valence-electron chi connectivity index (χ3n) is 6.45. The minimum atomic E-state index is -0.304. The number of carbonyl (C=O) groups excluding carboxylic acids is 2. The Kier molecular flexibility index (Phi) is 7.15.